The van der Waals surface area contributed by atoms with Gasteiger partial charge in [0.1, 0.15) is 5.75 Å². The molecule has 2 aromatic rings. The SMILES string of the molecule is CCOc1ccc(C(=O)NC)cc1CSc1ccc(Cl)cc1. The van der Waals surface area contributed by atoms with Crippen molar-refractivity contribution >= 4 is 29.3 Å². The molecule has 0 aliphatic heterocycles. The van der Waals surface area contributed by atoms with Gasteiger partial charge in [-0.2, -0.15) is 0 Å². The van der Waals surface area contributed by atoms with Gasteiger partial charge in [-0.3, -0.25) is 4.79 Å². The molecule has 116 valence electrons. The summed E-state index contributed by atoms with van der Waals surface area (Å²) in [5.41, 5.74) is 1.64. The van der Waals surface area contributed by atoms with Crippen molar-refractivity contribution < 1.29 is 9.53 Å². The summed E-state index contributed by atoms with van der Waals surface area (Å²) in [7, 11) is 1.63. The van der Waals surface area contributed by atoms with Crippen LogP contribution in [0.2, 0.25) is 5.02 Å². The minimum Gasteiger partial charge on any atom is -0.494 e. The van der Waals surface area contributed by atoms with Crippen LogP contribution in [0, 0.1) is 0 Å². The molecule has 0 spiro atoms. The summed E-state index contributed by atoms with van der Waals surface area (Å²) in [6.07, 6.45) is 0. The minimum atomic E-state index is -0.0965. The van der Waals surface area contributed by atoms with Gasteiger partial charge in [-0.25, -0.2) is 0 Å². The summed E-state index contributed by atoms with van der Waals surface area (Å²) >= 11 is 7.57. The molecule has 0 aliphatic rings. The van der Waals surface area contributed by atoms with Crippen LogP contribution in [0.15, 0.2) is 47.4 Å². The first-order valence-corrected chi connectivity index (χ1v) is 8.36. The van der Waals surface area contributed by atoms with E-state index in [1.54, 1.807) is 24.9 Å². The van der Waals surface area contributed by atoms with Crippen molar-refractivity contribution in [2.75, 3.05) is 13.7 Å². The Morgan fingerprint density at radius 1 is 1.23 bits per heavy atom. The highest BCUT2D eigenvalue weighted by Gasteiger charge is 2.10. The molecule has 0 fully saturated rings. The Balaban J connectivity index is 2.18. The van der Waals surface area contributed by atoms with Crippen LogP contribution in [0.1, 0.15) is 22.8 Å². The summed E-state index contributed by atoms with van der Waals surface area (Å²) in [6, 6.07) is 13.2. The molecule has 22 heavy (non-hydrogen) atoms. The number of halogens is 1. The van der Waals surface area contributed by atoms with Gasteiger partial charge in [-0.15, -0.1) is 11.8 Å². The second-order valence-corrected chi connectivity index (χ2v) is 6.06. The number of hydrogen-bond acceptors (Lipinski definition) is 3. The molecule has 0 atom stereocenters. The van der Waals surface area contributed by atoms with Crippen LogP contribution in [0.3, 0.4) is 0 Å². The van der Waals surface area contributed by atoms with Gasteiger partial charge in [0.15, 0.2) is 0 Å². The highest BCUT2D eigenvalue weighted by atomic mass is 35.5. The van der Waals surface area contributed by atoms with Crippen LogP contribution in [-0.4, -0.2) is 19.6 Å². The molecule has 1 amide bonds. The highest BCUT2D eigenvalue weighted by molar-refractivity contribution is 7.98. The fraction of sp³-hybridized carbons (Fsp3) is 0.235. The van der Waals surface area contributed by atoms with E-state index in [1.807, 2.05) is 43.3 Å². The van der Waals surface area contributed by atoms with Crippen LogP contribution in [-0.2, 0) is 5.75 Å². The van der Waals surface area contributed by atoms with Crippen molar-refractivity contribution in [3.8, 4) is 5.75 Å². The molecule has 1 N–H and O–H groups in total. The summed E-state index contributed by atoms with van der Waals surface area (Å²) in [4.78, 5) is 12.9. The van der Waals surface area contributed by atoms with Gasteiger partial charge in [-0.05, 0) is 49.4 Å². The number of carbonyl (C=O) groups excluding carboxylic acids is 1. The van der Waals surface area contributed by atoms with E-state index in [0.717, 1.165) is 27.0 Å². The summed E-state index contributed by atoms with van der Waals surface area (Å²) in [5.74, 6) is 1.44. The van der Waals surface area contributed by atoms with Gasteiger partial charge in [0.25, 0.3) is 5.91 Å². The van der Waals surface area contributed by atoms with E-state index in [0.29, 0.717) is 12.2 Å². The highest BCUT2D eigenvalue weighted by Crippen LogP contribution is 2.29. The number of ether oxygens (including phenoxy) is 1. The Morgan fingerprint density at radius 3 is 2.59 bits per heavy atom. The number of thioether (sulfide) groups is 1. The number of carbonyl (C=O) groups is 1. The Kier molecular flexibility index (Phi) is 6.16. The largest absolute Gasteiger partial charge is 0.494 e. The number of hydrogen-bond donors (Lipinski definition) is 1. The second kappa shape index (κ2) is 8.11. The van der Waals surface area contributed by atoms with Gasteiger partial charge >= 0.3 is 0 Å². The molecule has 2 aromatic carbocycles. The molecule has 3 nitrogen and oxygen atoms in total. The van der Waals surface area contributed by atoms with Crippen molar-refractivity contribution in [3.63, 3.8) is 0 Å². The fourth-order valence-corrected chi connectivity index (χ4v) is 2.97. The average Bonchev–Trinajstić information content (AvgIpc) is 2.55. The molecular weight excluding hydrogens is 318 g/mol. The minimum absolute atomic E-state index is 0.0965. The van der Waals surface area contributed by atoms with Crippen molar-refractivity contribution in [3.05, 3.63) is 58.6 Å². The Morgan fingerprint density at radius 2 is 1.95 bits per heavy atom. The monoisotopic (exact) mass is 335 g/mol. The lowest BCUT2D eigenvalue weighted by Crippen LogP contribution is -2.18. The van der Waals surface area contributed by atoms with E-state index in [4.69, 9.17) is 16.3 Å². The molecule has 0 bridgehead atoms. The first-order chi connectivity index (χ1) is 10.6. The summed E-state index contributed by atoms with van der Waals surface area (Å²) < 4.78 is 5.65. The predicted molar refractivity (Wildman–Crippen MR) is 92.0 cm³/mol. The lowest BCUT2D eigenvalue weighted by molar-refractivity contribution is 0.0963. The molecule has 0 aromatic heterocycles. The van der Waals surface area contributed by atoms with E-state index in [9.17, 15) is 4.79 Å². The third kappa shape index (κ3) is 4.42. The number of nitrogens with one attached hydrogen (secondary N) is 1. The van der Waals surface area contributed by atoms with Crippen LogP contribution in [0.5, 0.6) is 5.75 Å². The van der Waals surface area contributed by atoms with E-state index in [-0.39, 0.29) is 5.91 Å². The van der Waals surface area contributed by atoms with Crippen molar-refractivity contribution in [2.24, 2.45) is 0 Å². The number of benzene rings is 2. The Hall–Kier alpha value is -1.65. The molecule has 0 radical (unpaired) electrons. The molecule has 0 unspecified atom stereocenters. The first-order valence-electron chi connectivity index (χ1n) is 7.00. The van der Waals surface area contributed by atoms with Crippen LogP contribution in [0.25, 0.3) is 0 Å². The van der Waals surface area contributed by atoms with Crippen LogP contribution in [0.4, 0.5) is 0 Å². The molecule has 5 heteroatoms. The second-order valence-electron chi connectivity index (χ2n) is 4.58. The van der Waals surface area contributed by atoms with Gasteiger partial charge in [0.2, 0.25) is 0 Å². The lowest BCUT2D eigenvalue weighted by atomic mass is 10.1. The van der Waals surface area contributed by atoms with Crippen molar-refractivity contribution in [1.29, 1.82) is 0 Å². The maximum Gasteiger partial charge on any atom is 0.251 e. The quantitative estimate of drug-likeness (QED) is 0.796. The topological polar surface area (TPSA) is 38.3 Å². The zero-order chi connectivity index (χ0) is 15.9. The third-order valence-corrected chi connectivity index (χ3v) is 4.37. The maximum atomic E-state index is 11.8. The van der Waals surface area contributed by atoms with Gasteiger partial charge in [0, 0.05) is 33.8 Å². The molecule has 0 saturated heterocycles. The van der Waals surface area contributed by atoms with Crippen LogP contribution < -0.4 is 10.1 Å². The Labute approximate surface area is 140 Å². The molecule has 0 heterocycles. The Bertz CT molecular complexity index is 644. The zero-order valence-corrected chi connectivity index (χ0v) is 14.1. The lowest BCUT2D eigenvalue weighted by Gasteiger charge is -2.12. The van der Waals surface area contributed by atoms with Crippen LogP contribution >= 0.6 is 23.4 Å². The number of rotatable bonds is 6. The predicted octanol–water partition coefficient (Wildman–Crippen LogP) is 4.39. The average molecular weight is 336 g/mol. The van der Waals surface area contributed by atoms with Crippen molar-refractivity contribution in [2.45, 2.75) is 17.6 Å². The molecule has 0 aliphatic carbocycles. The van der Waals surface area contributed by atoms with E-state index < -0.39 is 0 Å². The molecule has 0 saturated carbocycles. The van der Waals surface area contributed by atoms with Crippen molar-refractivity contribution in [1.82, 2.24) is 5.32 Å². The van der Waals surface area contributed by atoms with E-state index in [2.05, 4.69) is 5.32 Å². The first kappa shape index (κ1) is 16.7. The molecule has 2 rings (SSSR count). The zero-order valence-electron chi connectivity index (χ0n) is 12.6. The normalized spacial score (nSPS) is 10.3. The maximum absolute atomic E-state index is 11.8. The standard InChI is InChI=1S/C17H18ClNO2S/c1-3-21-16-9-4-12(17(20)19-2)10-13(16)11-22-15-7-5-14(18)6-8-15/h4-10H,3,11H2,1-2H3,(H,19,20). The number of amides is 1. The third-order valence-electron chi connectivity index (χ3n) is 3.06. The van der Waals surface area contributed by atoms with Gasteiger partial charge in [0.05, 0.1) is 6.61 Å². The van der Waals surface area contributed by atoms with Gasteiger partial charge < -0.3 is 10.1 Å². The van der Waals surface area contributed by atoms with E-state index >= 15 is 0 Å². The summed E-state index contributed by atoms with van der Waals surface area (Å²) in [5, 5.41) is 3.36. The van der Waals surface area contributed by atoms with E-state index in [1.165, 1.54) is 0 Å². The van der Waals surface area contributed by atoms with Gasteiger partial charge in [-0.1, -0.05) is 11.6 Å². The smallest absolute Gasteiger partial charge is 0.251 e. The summed E-state index contributed by atoms with van der Waals surface area (Å²) in [6.45, 7) is 2.54. The fourth-order valence-electron chi connectivity index (χ4n) is 1.97. The molecular formula is C17H18ClNO2S.